The molecular formula is C19H14FNO4. The number of nitrogens with one attached hydrogen (secondary N) is 1. The Labute approximate surface area is 143 Å². The fraction of sp³-hybridized carbons (Fsp3) is 0.105. The quantitative estimate of drug-likeness (QED) is 0.787. The Balaban J connectivity index is 1.52. The van der Waals surface area contributed by atoms with Gasteiger partial charge in [0.15, 0.2) is 11.5 Å². The third kappa shape index (κ3) is 3.06. The van der Waals surface area contributed by atoms with Crippen LogP contribution >= 0.6 is 0 Å². The minimum atomic E-state index is -0.860. The molecule has 0 aliphatic carbocycles. The van der Waals surface area contributed by atoms with Gasteiger partial charge < -0.3 is 19.2 Å². The molecule has 1 atom stereocenters. The van der Waals surface area contributed by atoms with Crippen molar-refractivity contribution >= 4 is 11.6 Å². The van der Waals surface area contributed by atoms with Gasteiger partial charge in [0.2, 0.25) is 6.10 Å². The van der Waals surface area contributed by atoms with Crippen LogP contribution in [-0.2, 0) is 4.79 Å². The first-order valence-corrected chi connectivity index (χ1v) is 7.73. The van der Waals surface area contributed by atoms with Crippen LogP contribution in [0.25, 0.3) is 11.3 Å². The SMILES string of the molecule is O=C(Nc1cc(-c2ccco2)ccc1F)C1COc2ccccc2O1. The number of fused-ring (bicyclic) bond motifs is 1. The first-order chi connectivity index (χ1) is 12.2. The molecule has 2 heterocycles. The van der Waals surface area contributed by atoms with Crippen molar-refractivity contribution in [3.63, 3.8) is 0 Å². The number of amides is 1. The number of anilines is 1. The lowest BCUT2D eigenvalue weighted by Gasteiger charge is -2.25. The fourth-order valence-corrected chi connectivity index (χ4v) is 2.58. The zero-order valence-corrected chi connectivity index (χ0v) is 13.1. The van der Waals surface area contributed by atoms with Crippen LogP contribution in [0.5, 0.6) is 11.5 Å². The van der Waals surface area contributed by atoms with E-state index in [4.69, 9.17) is 13.9 Å². The zero-order chi connectivity index (χ0) is 17.2. The maximum absolute atomic E-state index is 14.1. The number of carbonyl (C=O) groups excluding carboxylic acids is 1. The van der Waals surface area contributed by atoms with Gasteiger partial charge >= 0.3 is 0 Å². The smallest absolute Gasteiger partial charge is 0.269 e. The monoisotopic (exact) mass is 339 g/mol. The molecule has 1 aliphatic heterocycles. The van der Waals surface area contributed by atoms with E-state index in [1.165, 1.54) is 18.4 Å². The molecule has 1 amide bonds. The van der Waals surface area contributed by atoms with Crippen molar-refractivity contribution in [3.05, 3.63) is 66.7 Å². The maximum atomic E-state index is 14.1. The summed E-state index contributed by atoms with van der Waals surface area (Å²) in [7, 11) is 0. The average Bonchev–Trinajstić information content (AvgIpc) is 3.18. The third-order valence-corrected chi connectivity index (χ3v) is 3.83. The summed E-state index contributed by atoms with van der Waals surface area (Å²) in [4.78, 5) is 12.4. The number of benzene rings is 2. The number of furan rings is 1. The summed E-state index contributed by atoms with van der Waals surface area (Å²) in [6, 6.07) is 15.0. The van der Waals surface area contributed by atoms with Gasteiger partial charge in [-0.2, -0.15) is 0 Å². The van der Waals surface area contributed by atoms with E-state index in [-0.39, 0.29) is 12.3 Å². The van der Waals surface area contributed by atoms with Gasteiger partial charge in [-0.3, -0.25) is 4.79 Å². The molecule has 1 unspecified atom stereocenters. The van der Waals surface area contributed by atoms with Crippen molar-refractivity contribution in [2.75, 3.05) is 11.9 Å². The van der Waals surface area contributed by atoms with Crippen molar-refractivity contribution < 1.29 is 23.1 Å². The van der Waals surface area contributed by atoms with E-state index in [0.717, 1.165) is 0 Å². The Morgan fingerprint density at radius 3 is 2.72 bits per heavy atom. The maximum Gasteiger partial charge on any atom is 0.269 e. The molecule has 1 N–H and O–H groups in total. The summed E-state index contributed by atoms with van der Waals surface area (Å²) in [6.07, 6.45) is 0.670. The van der Waals surface area contributed by atoms with Gasteiger partial charge in [0.1, 0.15) is 18.2 Å². The Hall–Kier alpha value is -3.28. The Bertz CT molecular complexity index is 908. The van der Waals surface area contributed by atoms with Crippen molar-refractivity contribution in [1.82, 2.24) is 0 Å². The summed E-state index contributed by atoms with van der Waals surface area (Å²) in [5.41, 5.74) is 0.717. The van der Waals surface area contributed by atoms with E-state index in [2.05, 4.69) is 5.32 Å². The summed E-state index contributed by atoms with van der Waals surface area (Å²) in [5.74, 6) is 0.628. The molecule has 0 spiro atoms. The minimum Gasteiger partial charge on any atom is -0.485 e. The Morgan fingerprint density at radius 2 is 1.92 bits per heavy atom. The van der Waals surface area contributed by atoms with Crippen LogP contribution in [0.3, 0.4) is 0 Å². The highest BCUT2D eigenvalue weighted by Gasteiger charge is 2.28. The zero-order valence-electron chi connectivity index (χ0n) is 13.1. The van der Waals surface area contributed by atoms with Crippen LogP contribution < -0.4 is 14.8 Å². The molecule has 0 saturated heterocycles. The van der Waals surface area contributed by atoms with Gasteiger partial charge in [-0.15, -0.1) is 0 Å². The lowest BCUT2D eigenvalue weighted by atomic mass is 10.1. The molecule has 5 nitrogen and oxygen atoms in total. The predicted octanol–water partition coefficient (Wildman–Crippen LogP) is 3.86. The summed E-state index contributed by atoms with van der Waals surface area (Å²) >= 11 is 0. The number of hydrogen-bond acceptors (Lipinski definition) is 4. The van der Waals surface area contributed by atoms with E-state index in [1.54, 1.807) is 36.4 Å². The lowest BCUT2D eigenvalue weighted by molar-refractivity contribution is -0.125. The molecule has 2 aromatic carbocycles. The van der Waals surface area contributed by atoms with Crippen LogP contribution in [0.2, 0.25) is 0 Å². The normalized spacial score (nSPS) is 15.6. The molecule has 3 aromatic rings. The molecule has 4 rings (SSSR count). The first kappa shape index (κ1) is 15.3. The lowest BCUT2D eigenvalue weighted by Crippen LogP contribution is -2.40. The molecule has 126 valence electrons. The molecule has 0 saturated carbocycles. The van der Waals surface area contributed by atoms with E-state index >= 15 is 0 Å². The van der Waals surface area contributed by atoms with Gasteiger partial charge in [-0.25, -0.2) is 4.39 Å². The molecule has 25 heavy (non-hydrogen) atoms. The molecule has 0 radical (unpaired) electrons. The molecular weight excluding hydrogens is 325 g/mol. The van der Waals surface area contributed by atoms with E-state index < -0.39 is 17.8 Å². The van der Waals surface area contributed by atoms with Gasteiger partial charge in [0.05, 0.1) is 12.0 Å². The van der Waals surface area contributed by atoms with Crippen molar-refractivity contribution in [2.24, 2.45) is 0 Å². The Kier molecular flexibility index (Phi) is 3.85. The number of ether oxygens (including phenoxy) is 2. The van der Waals surface area contributed by atoms with E-state index in [9.17, 15) is 9.18 Å². The topological polar surface area (TPSA) is 60.7 Å². The number of carbonyl (C=O) groups is 1. The highest BCUT2D eigenvalue weighted by Crippen LogP contribution is 2.31. The number of halogens is 1. The largest absolute Gasteiger partial charge is 0.485 e. The molecule has 0 fully saturated rings. The number of hydrogen-bond donors (Lipinski definition) is 1. The summed E-state index contributed by atoms with van der Waals surface area (Å²) in [6.45, 7) is 0.0579. The van der Waals surface area contributed by atoms with Crippen molar-refractivity contribution in [3.8, 4) is 22.8 Å². The van der Waals surface area contributed by atoms with E-state index in [0.29, 0.717) is 22.8 Å². The average molecular weight is 339 g/mol. The minimum absolute atomic E-state index is 0.0568. The molecule has 0 bridgehead atoms. The van der Waals surface area contributed by atoms with Crippen LogP contribution in [0.1, 0.15) is 0 Å². The predicted molar refractivity (Wildman–Crippen MR) is 89.1 cm³/mol. The van der Waals surface area contributed by atoms with Crippen LogP contribution in [-0.4, -0.2) is 18.6 Å². The molecule has 1 aliphatic rings. The van der Waals surface area contributed by atoms with Gasteiger partial charge in [-0.05, 0) is 42.5 Å². The van der Waals surface area contributed by atoms with Crippen molar-refractivity contribution in [1.29, 1.82) is 0 Å². The standard InChI is InChI=1S/C19H14FNO4/c20-13-8-7-12(15-6-3-9-23-15)10-14(13)21-19(22)18-11-24-16-4-1-2-5-17(16)25-18/h1-10,18H,11H2,(H,21,22). The van der Waals surface area contributed by atoms with Crippen LogP contribution in [0.4, 0.5) is 10.1 Å². The number of rotatable bonds is 3. The third-order valence-electron chi connectivity index (χ3n) is 3.83. The summed E-state index contributed by atoms with van der Waals surface area (Å²) in [5, 5.41) is 2.55. The molecule has 6 heteroatoms. The second kappa shape index (κ2) is 6.32. The molecule has 1 aromatic heterocycles. The second-order valence-electron chi connectivity index (χ2n) is 5.53. The highest BCUT2D eigenvalue weighted by atomic mass is 19.1. The van der Waals surface area contributed by atoms with Crippen LogP contribution in [0.15, 0.2) is 65.3 Å². The first-order valence-electron chi connectivity index (χ1n) is 7.73. The van der Waals surface area contributed by atoms with E-state index in [1.807, 2.05) is 6.07 Å². The van der Waals surface area contributed by atoms with Crippen molar-refractivity contribution in [2.45, 2.75) is 6.10 Å². The highest BCUT2D eigenvalue weighted by molar-refractivity contribution is 5.95. The van der Waals surface area contributed by atoms with Gasteiger partial charge in [0.25, 0.3) is 5.91 Å². The Morgan fingerprint density at radius 1 is 1.08 bits per heavy atom. The number of para-hydroxylation sites is 2. The second-order valence-corrected chi connectivity index (χ2v) is 5.53. The van der Waals surface area contributed by atoms with Gasteiger partial charge in [0, 0.05) is 5.56 Å². The summed E-state index contributed by atoms with van der Waals surface area (Å²) < 4.78 is 30.5. The van der Waals surface area contributed by atoms with Crippen LogP contribution in [0, 0.1) is 5.82 Å². The van der Waals surface area contributed by atoms with Gasteiger partial charge in [-0.1, -0.05) is 12.1 Å². The fourth-order valence-electron chi connectivity index (χ4n) is 2.58.